The second kappa shape index (κ2) is 9.39. The van der Waals surface area contributed by atoms with Gasteiger partial charge in [-0.1, -0.05) is 49.9 Å². The van der Waals surface area contributed by atoms with Crippen LogP contribution in [0.5, 0.6) is 0 Å². The Labute approximate surface area is 164 Å². The van der Waals surface area contributed by atoms with Crippen molar-refractivity contribution in [1.82, 2.24) is 9.88 Å². The molecule has 0 spiro atoms. The highest BCUT2D eigenvalue weighted by atomic mass is 32.1. The second-order valence-electron chi connectivity index (χ2n) is 7.67. The van der Waals surface area contributed by atoms with Gasteiger partial charge in [0.05, 0.1) is 6.20 Å². The van der Waals surface area contributed by atoms with Gasteiger partial charge in [0.2, 0.25) is 0 Å². The van der Waals surface area contributed by atoms with Gasteiger partial charge in [0.25, 0.3) is 0 Å². The molecule has 0 saturated heterocycles. The van der Waals surface area contributed by atoms with E-state index in [0.29, 0.717) is 17.2 Å². The lowest BCUT2D eigenvalue weighted by atomic mass is 9.89. The van der Waals surface area contributed by atoms with Crippen LogP contribution < -0.4 is 10.2 Å². The van der Waals surface area contributed by atoms with Crippen LogP contribution in [0.4, 0.5) is 14.9 Å². The van der Waals surface area contributed by atoms with Gasteiger partial charge in [-0.05, 0) is 25.7 Å². The number of anilines is 2. The first kappa shape index (κ1) is 19.9. The van der Waals surface area contributed by atoms with Crippen molar-refractivity contribution in [1.29, 1.82) is 0 Å². The third kappa shape index (κ3) is 5.34. The normalized spacial score (nSPS) is 18.9. The van der Waals surface area contributed by atoms with Gasteiger partial charge in [-0.3, -0.25) is 10.1 Å². The SMILES string of the molecule is CN(CC(=O)O)c1cnc(NC(=O)N(C2CCCCC2)C2CCCCC2)s1. The number of thiazole rings is 1. The van der Waals surface area contributed by atoms with Crippen molar-refractivity contribution in [2.75, 3.05) is 23.8 Å². The first-order valence-corrected chi connectivity index (χ1v) is 10.8. The average Bonchev–Trinajstić information content (AvgIpc) is 3.12. The lowest BCUT2D eigenvalue weighted by Gasteiger charge is -2.41. The number of rotatable bonds is 6. The van der Waals surface area contributed by atoms with Crippen molar-refractivity contribution in [2.45, 2.75) is 76.3 Å². The Hall–Kier alpha value is -1.83. The molecule has 0 aromatic carbocycles. The summed E-state index contributed by atoms with van der Waals surface area (Å²) in [5.41, 5.74) is 0. The zero-order valence-electron chi connectivity index (χ0n) is 16.0. The van der Waals surface area contributed by atoms with Crippen LogP contribution in [0.3, 0.4) is 0 Å². The average molecular weight is 395 g/mol. The zero-order chi connectivity index (χ0) is 19.2. The summed E-state index contributed by atoms with van der Waals surface area (Å²) in [5, 5.41) is 13.2. The number of nitrogens with zero attached hydrogens (tertiary/aromatic N) is 3. The maximum Gasteiger partial charge on any atom is 0.324 e. The molecule has 27 heavy (non-hydrogen) atoms. The summed E-state index contributed by atoms with van der Waals surface area (Å²) in [5.74, 6) is -0.891. The molecule has 0 aliphatic heterocycles. The molecule has 1 heterocycles. The van der Waals surface area contributed by atoms with Crippen molar-refractivity contribution in [3.63, 3.8) is 0 Å². The quantitative estimate of drug-likeness (QED) is 0.756. The van der Waals surface area contributed by atoms with Gasteiger partial charge >= 0.3 is 12.0 Å². The molecule has 2 fully saturated rings. The lowest BCUT2D eigenvalue weighted by molar-refractivity contribution is -0.135. The Balaban J connectivity index is 1.68. The number of carboxylic acid groups (broad SMARTS) is 1. The molecule has 2 aliphatic rings. The van der Waals surface area contributed by atoms with Gasteiger partial charge in [-0.2, -0.15) is 0 Å². The number of carboxylic acids is 1. The predicted octanol–water partition coefficient (Wildman–Crippen LogP) is 4.16. The van der Waals surface area contributed by atoms with Crippen LogP contribution >= 0.6 is 11.3 Å². The minimum absolute atomic E-state index is 0.0458. The van der Waals surface area contributed by atoms with E-state index < -0.39 is 5.97 Å². The summed E-state index contributed by atoms with van der Waals surface area (Å²) in [6, 6.07) is 0.613. The summed E-state index contributed by atoms with van der Waals surface area (Å²) in [7, 11) is 1.71. The van der Waals surface area contributed by atoms with Gasteiger partial charge < -0.3 is 14.9 Å². The first-order chi connectivity index (χ1) is 13.0. The van der Waals surface area contributed by atoms with E-state index in [1.54, 1.807) is 18.1 Å². The molecule has 0 atom stereocenters. The smallest absolute Gasteiger partial charge is 0.324 e. The Kier molecular flexibility index (Phi) is 6.93. The molecule has 8 heteroatoms. The molecule has 150 valence electrons. The van der Waals surface area contributed by atoms with Crippen molar-refractivity contribution >= 4 is 33.5 Å². The van der Waals surface area contributed by atoms with E-state index in [9.17, 15) is 9.59 Å². The van der Waals surface area contributed by atoms with Crippen LogP contribution in [0, 0.1) is 0 Å². The fourth-order valence-electron chi connectivity index (χ4n) is 4.28. The van der Waals surface area contributed by atoms with Crippen molar-refractivity contribution in [3.05, 3.63) is 6.20 Å². The van der Waals surface area contributed by atoms with E-state index in [4.69, 9.17) is 5.11 Å². The Bertz CT molecular complexity index is 621. The van der Waals surface area contributed by atoms with Gasteiger partial charge in [0, 0.05) is 19.1 Å². The standard InChI is InChI=1S/C19H30N4O3S/c1-22(13-17(24)25)16-12-20-18(27-16)21-19(26)23(14-8-4-2-5-9-14)15-10-6-3-7-11-15/h12,14-15H,2-11,13H2,1H3,(H,24,25)(H,20,21,26). The molecule has 7 nitrogen and oxygen atoms in total. The third-order valence-electron chi connectivity index (χ3n) is 5.63. The molecule has 1 aromatic rings. The van der Waals surface area contributed by atoms with Crippen LogP contribution in [-0.4, -0.2) is 52.7 Å². The summed E-state index contributed by atoms with van der Waals surface area (Å²) < 4.78 is 0. The zero-order valence-corrected chi connectivity index (χ0v) is 16.8. The Morgan fingerprint density at radius 1 is 1.11 bits per heavy atom. The van der Waals surface area contributed by atoms with Crippen LogP contribution in [0.2, 0.25) is 0 Å². The number of amides is 2. The van der Waals surface area contributed by atoms with Crippen molar-refractivity contribution in [3.8, 4) is 0 Å². The highest BCUT2D eigenvalue weighted by Crippen LogP contribution is 2.32. The second-order valence-corrected chi connectivity index (χ2v) is 8.68. The molecular formula is C19H30N4O3S. The number of aromatic nitrogens is 1. The number of likely N-dealkylation sites (N-methyl/N-ethyl adjacent to an activating group) is 1. The highest BCUT2D eigenvalue weighted by Gasteiger charge is 2.32. The van der Waals surface area contributed by atoms with Crippen LogP contribution in [0.1, 0.15) is 64.2 Å². The molecule has 2 N–H and O–H groups in total. The summed E-state index contributed by atoms with van der Waals surface area (Å²) in [6.45, 7) is -0.0914. The fraction of sp³-hybridized carbons (Fsp3) is 0.737. The molecule has 0 radical (unpaired) electrons. The van der Waals surface area contributed by atoms with Crippen LogP contribution in [-0.2, 0) is 4.79 Å². The van der Waals surface area contributed by atoms with Gasteiger partial charge in [-0.15, -0.1) is 0 Å². The Morgan fingerprint density at radius 2 is 1.67 bits per heavy atom. The molecule has 2 saturated carbocycles. The highest BCUT2D eigenvalue weighted by molar-refractivity contribution is 7.19. The van der Waals surface area contributed by atoms with E-state index in [0.717, 1.165) is 30.7 Å². The first-order valence-electron chi connectivity index (χ1n) is 10.0. The number of urea groups is 1. The molecular weight excluding hydrogens is 364 g/mol. The number of hydrogen-bond acceptors (Lipinski definition) is 5. The monoisotopic (exact) mass is 394 g/mol. The molecule has 2 aliphatic carbocycles. The molecule has 1 aromatic heterocycles. The topological polar surface area (TPSA) is 85.8 Å². The van der Waals surface area contributed by atoms with Crippen molar-refractivity contribution < 1.29 is 14.7 Å². The van der Waals surface area contributed by atoms with Gasteiger partial charge in [0.1, 0.15) is 11.5 Å². The van der Waals surface area contributed by atoms with Gasteiger partial charge in [-0.25, -0.2) is 9.78 Å². The lowest BCUT2D eigenvalue weighted by Crippen LogP contribution is -2.50. The number of carbonyl (C=O) groups is 2. The fourth-order valence-corrected chi connectivity index (χ4v) is 5.05. The van der Waals surface area contributed by atoms with E-state index >= 15 is 0 Å². The minimum atomic E-state index is -0.891. The van der Waals surface area contributed by atoms with E-state index in [2.05, 4.69) is 15.2 Å². The molecule has 2 amide bonds. The largest absolute Gasteiger partial charge is 0.480 e. The van der Waals surface area contributed by atoms with E-state index in [1.807, 2.05) is 0 Å². The maximum absolute atomic E-state index is 13.1. The maximum atomic E-state index is 13.1. The van der Waals surface area contributed by atoms with Crippen LogP contribution in [0.25, 0.3) is 0 Å². The number of nitrogens with one attached hydrogen (secondary N) is 1. The van der Waals surface area contributed by atoms with Gasteiger partial charge in [0.15, 0.2) is 5.13 Å². The van der Waals surface area contributed by atoms with E-state index in [-0.39, 0.29) is 12.6 Å². The summed E-state index contributed by atoms with van der Waals surface area (Å²) in [4.78, 5) is 32.0. The third-order valence-corrected chi connectivity index (χ3v) is 6.65. The summed E-state index contributed by atoms with van der Waals surface area (Å²) >= 11 is 1.31. The van der Waals surface area contributed by atoms with E-state index in [1.165, 1.54) is 49.9 Å². The number of carbonyl (C=O) groups excluding carboxylic acids is 1. The Morgan fingerprint density at radius 3 is 2.19 bits per heavy atom. The number of hydrogen-bond donors (Lipinski definition) is 2. The van der Waals surface area contributed by atoms with Crippen molar-refractivity contribution in [2.24, 2.45) is 0 Å². The molecule has 0 bridgehead atoms. The summed E-state index contributed by atoms with van der Waals surface area (Å²) in [6.07, 6.45) is 13.3. The minimum Gasteiger partial charge on any atom is -0.480 e. The van der Waals surface area contributed by atoms with Crippen LogP contribution in [0.15, 0.2) is 6.20 Å². The molecule has 0 unspecified atom stereocenters. The number of aliphatic carboxylic acids is 1. The predicted molar refractivity (Wildman–Crippen MR) is 108 cm³/mol. The molecule has 3 rings (SSSR count).